The molecule has 0 aliphatic heterocycles. The maximum atomic E-state index is 2.25. The van der Waals surface area contributed by atoms with Gasteiger partial charge in [0, 0.05) is 0 Å². The Morgan fingerprint density at radius 2 is 0.750 bits per heavy atom. The van der Waals surface area contributed by atoms with Gasteiger partial charge in [-0.05, 0) is 22.0 Å². The van der Waals surface area contributed by atoms with Crippen LogP contribution in [0.5, 0.6) is 0 Å². The number of hydrogen-bond acceptors (Lipinski definition) is 0. The van der Waals surface area contributed by atoms with Crippen LogP contribution in [0.1, 0.15) is 67.5 Å². The summed E-state index contributed by atoms with van der Waals surface area (Å²) < 4.78 is 0. The summed E-state index contributed by atoms with van der Waals surface area (Å²) >= 11 is 0. The molecule has 0 fully saturated rings. The van der Waals surface area contributed by atoms with Gasteiger partial charge in [0.2, 0.25) is 0 Å². The van der Waals surface area contributed by atoms with Crippen LogP contribution < -0.4 is 0 Å². The molecule has 0 heteroatoms. The fraction of sp³-hybridized carbons (Fsp3) is 0.625. The fourth-order valence-electron chi connectivity index (χ4n) is 1.47. The molecular weight excluding hydrogens is 192 g/mol. The number of benzene rings is 1. The van der Waals surface area contributed by atoms with Gasteiger partial charge in [0.05, 0.1) is 0 Å². The van der Waals surface area contributed by atoms with Gasteiger partial charge in [0.1, 0.15) is 0 Å². The first-order valence-corrected chi connectivity index (χ1v) is 5.32. The molecule has 0 nitrogen and oxygen atoms in total. The first-order chi connectivity index (χ1) is 6.21. The van der Waals surface area contributed by atoms with E-state index >= 15 is 0 Å². The molecule has 0 heterocycles. The first kappa shape index (κ1) is 17.6. The fourth-order valence-corrected chi connectivity index (χ4v) is 1.47. The Balaban J connectivity index is 0. The van der Waals surface area contributed by atoms with Crippen LogP contribution in [0.15, 0.2) is 24.3 Å². The minimum Gasteiger partial charge on any atom is -0.0776 e. The molecule has 0 saturated heterocycles. The third-order valence-corrected chi connectivity index (χ3v) is 2.62. The van der Waals surface area contributed by atoms with Crippen LogP contribution in [0.2, 0.25) is 0 Å². The quantitative estimate of drug-likeness (QED) is 0.539. The highest BCUT2D eigenvalue weighted by Gasteiger charge is 2.16. The van der Waals surface area contributed by atoms with Crippen molar-refractivity contribution in [3.05, 3.63) is 35.4 Å². The Labute approximate surface area is 103 Å². The van der Waals surface area contributed by atoms with E-state index in [1.807, 2.05) is 0 Å². The molecule has 1 aromatic rings. The van der Waals surface area contributed by atoms with E-state index < -0.39 is 0 Å². The predicted octanol–water partition coefficient (Wildman–Crippen LogP) is 5.55. The summed E-state index contributed by atoms with van der Waals surface area (Å²) in [5.74, 6) is 0. The maximum absolute atomic E-state index is 2.25. The van der Waals surface area contributed by atoms with Crippen molar-refractivity contribution in [3.8, 4) is 0 Å². The summed E-state index contributed by atoms with van der Waals surface area (Å²) in [4.78, 5) is 0. The lowest BCUT2D eigenvalue weighted by Crippen LogP contribution is -2.14. The van der Waals surface area contributed by atoms with E-state index in [0.29, 0.717) is 0 Å². The molecule has 0 radical (unpaired) electrons. The first-order valence-electron chi connectivity index (χ1n) is 5.32. The SMILES string of the molecule is C.C.CC(C)(C)c1ccc(C(C)(C)C)cc1. The van der Waals surface area contributed by atoms with Gasteiger partial charge in [-0.15, -0.1) is 0 Å². The molecule has 0 aliphatic rings. The lowest BCUT2D eigenvalue weighted by molar-refractivity contribution is 0.577. The minimum absolute atomic E-state index is 0. The Morgan fingerprint density at radius 3 is 0.875 bits per heavy atom. The maximum Gasteiger partial charge on any atom is -0.0132 e. The van der Waals surface area contributed by atoms with Crippen LogP contribution in [0.3, 0.4) is 0 Å². The molecule has 0 N–H and O–H groups in total. The molecule has 0 bridgehead atoms. The average molecular weight is 222 g/mol. The van der Waals surface area contributed by atoms with Crippen LogP contribution in [0.4, 0.5) is 0 Å². The zero-order valence-electron chi connectivity index (χ0n) is 10.3. The molecule has 0 atom stereocenters. The summed E-state index contributed by atoms with van der Waals surface area (Å²) in [5, 5.41) is 0. The predicted molar refractivity (Wildman–Crippen MR) is 77.3 cm³/mol. The third-order valence-electron chi connectivity index (χ3n) is 2.62. The molecule has 0 saturated carbocycles. The normalized spacial score (nSPS) is 11.4. The van der Waals surface area contributed by atoms with E-state index in [0.717, 1.165) is 0 Å². The second-order valence-corrected chi connectivity index (χ2v) is 6.08. The highest BCUT2D eigenvalue weighted by Crippen LogP contribution is 2.26. The number of hydrogen-bond donors (Lipinski definition) is 0. The Kier molecular flexibility index (Phi) is 6.07. The lowest BCUT2D eigenvalue weighted by Gasteiger charge is -2.23. The van der Waals surface area contributed by atoms with Crippen molar-refractivity contribution in [2.45, 2.75) is 67.2 Å². The average Bonchev–Trinajstić information content (AvgIpc) is 2.01. The molecule has 0 unspecified atom stereocenters. The van der Waals surface area contributed by atoms with Crippen LogP contribution in [0.25, 0.3) is 0 Å². The summed E-state index contributed by atoms with van der Waals surface area (Å²) in [5.41, 5.74) is 3.34. The van der Waals surface area contributed by atoms with E-state index in [1.165, 1.54) is 11.1 Å². The van der Waals surface area contributed by atoms with Crippen molar-refractivity contribution in [2.75, 3.05) is 0 Å². The molecule has 16 heavy (non-hydrogen) atoms. The van der Waals surface area contributed by atoms with Gasteiger partial charge in [-0.1, -0.05) is 80.7 Å². The highest BCUT2D eigenvalue weighted by atomic mass is 14.2. The summed E-state index contributed by atoms with van der Waals surface area (Å²) in [6.07, 6.45) is 0. The third kappa shape index (κ3) is 4.38. The summed E-state index contributed by atoms with van der Waals surface area (Å²) in [6, 6.07) is 9.00. The zero-order chi connectivity index (χ0) is 11.0. The second-order valence-electron chi connectivity index (χ2n) is 6.08. The van der Waals surface area contributed by atoms with Crippen molar-refractivity contribution in [1.29, 1.82) is 0 Å². The second kappa shape index (κ2) is 5.52. The Morgan fingerprint density at radius 1 is 0.562 bits per heavy atom. The van der Waals surface area contributed by atoms with Crippen LogP contribution in [-0.2, 0) is 10.8 Å². The largest absolute Gasteiger partial charge is 0.0776 e. The van der Waals surface area contributed by atoms with Crippen molar-refractivity contribution < 1.29 is 0 Å². The molecule has 1 aromatic carbocycles. The van der Waals surface area contributed by atoms with E-state index in [-0.39, 0.29) is 25.7 Å². The van der Waals surface area contributed by atoms with Crippen LogP contribution >= 0.6 is 0 Å². The molecule has 1 rings (SSSR count). The standard InChI is InChI=1S/C14H22.2CH4/c1-13(2,3)11-7-9-12(10-8-11)14(4,5)6;;/h7-10H,1-6H3;2*1H4. The summed E-state index contributed by atoms with van der Waals surface area (Å²) in [7, 11) is 0. The van der Waals surface area contributed by atoms with Crippen LogP contribution in [-0.4, -0.2) is 0 Å². The van der Waals surface area contributed by atoms with Crippen molar-refractivity contribution in [3.63, 3.8) is 0 Å². The van der Waals surface area contributed by atoms with E-state index in [2.05, 4.69) is 65.8 Å². The van der Waals surface area contributed by atoms with Gasteiger partial charge in [-0.3, -0.25) is 0 Å². The lowest BCUT2D eigenvalue weighted by atomic mass is 9.82. The van der Waals surface area contributed by atoms with E-state index in [1.54, 1.807) is 0 Å². The van der Waals surface area contributed by atoms with Gasteiger partial charge in [-0.2, -0.15) is 0 Å². The van der Waals surface area contributed by atoms with E-state index in [4.69, 9.17) is 0 Å². The van der Waals surface area contributed by atoms with Gasteiger partial charge >= 0.3 is 0 Å². The molecule has 0 spiro atoms. The molecule has 94 valence electrons. The Bertz CT molecular complexity index is 257. The van der Waals surface area contributed by atoms with Crippen molar-refractivity contribution in [1.82, 2.24) is 0 Å². The zero-order valence-corrected chi connectivity index (χ0v) is 10.3. The monoisotopic (exact) mass is 222 g/mol. The summed E-state index contributed by atoms with van der Waals surface area (Å²) in [6.45, 7) is 13.5. The topological polar surface area (TPSA) is 0 Å². The van der Waals surface area contributed by atoms with Gasteiger partial charge < -0.3 is 0 Å². The van der Waals surface area contributed by atoms with Crippen LogP contribution in [0, 0.1) is 0 Å². The molecule has 0 aliphatic carbocycles. The Hall–Kier alpha value is -0.780. The highest BCUT2D eigenvalue weighted by molar-refractivity contribution is 5.30. The van der Waals surface area contributed by atoms with E-state index in [9.17, 15) is 0 Å². The minimum atomic E-state index is 0. The van der Waals surface area contributed by atoms with Crippen molar-refractivity contribution in [2.24, 2.45) is 0 Å². The molecule has 0 amide bonds. The van der Waals surface area contributed by atoms with Gasteiger partial charge in [0.25, 0.3) is 0 Å². The number of rotatable bonds is 0. The van der Waals surface area contributed by atoms with Gasteiger partial charge in [-0.25, -0.2) is 0 Å². The van der Waals surface area contributed by atoms with Gasteiger partial charge in [0.15, 0.2) is 0 Å². The molecule has 0 aromatic heterocycles. The smallest absolute Gasteiger partial charge is 0.0132 e. The van der Waals surface area contributed by atoms with Crippen molar-refractivity contribution >= 4 is 0 Å². The molecular formula is C16H30.